The Kier molecular flexibility index (Phi) is 5.63. The first-order valence-corrected chi connectivity index (χ1v) is 11.7. The fraction of sp³-hybridized carbons (Fsp3) is 0.760. The predicted octanol–water partition coefficient (Wildman–Crippen LogP) is 2.92. The zero-order chi connectivity index (χ0) is 23.5. The van der Waals surface area contributed by atoms with E-state index in [1.54, 1.807) is 6.08 Å². The summed E-state index contributed by atoms with van der Waals surface area (Å²) >= 11 is 0. The number of ether oxygens (including phenoxy) is 2. The van der Waals surface area contributed by atoms with Crippen molar-refractivity contribution in [1.82, 2.24) is 0 Å². The molecule has 4 aliphatic carbocycles. The van der Waals surface area contributed by atoms with Gasteiger partial charge in [-0.15, -0.1) is 0 Å². The summed E-state index contributed by atoms with van der Waals surface area (Å²) in [5.74, 6) is -0.699. The molecule has 3 fully saturated rings. The lowest BCUT2D eigenvalue weighted by atomic mass is 9.45. The summed E-state index contributed by atoms with van der Waals surface area (Å²) in [6.07, 6.45) is 5.64. The van der Waals surface area contributed by atoms with Gasteiger partial charge in [0, 0.05) is 25.7 Å². The average Bonchev–Trinajstić information content (AvgIpc) is 2.99. The number of ketones is 2. The quantitative estimate of drug-likeness (QED) is 0.662. The van der Waals surface area contributed by atoms with Crippen LogP contribution in [0.4, 0.5) is 0 Å². The van der Waals surface area contributed by atoms with Crippen LogP contribution in [0.3, 0.4) is 0 Å². The van der Waals surface area contributed by atoms with Gasteiger partial charge in [-0.25, -0.2) is 0 Å². The molecule has 0 radical (unpaired) electrons. The Morgan fingerprint density at radius 1 is 1.06 bits per heavy atom. The second-order valence-electron chi connectivity index (χ2n) is 10.8. The molecule has 0 bridgehead atoms. The molecule has 4 aliphatic rings. The number of hydrogen-bond donors (Lipinski definition) is 1. The zero-order valence-electron chi connectivity index (χ0n) is 19.4. The lowest BCUT2D eigenvalue weighted by Crippen LogP contribution is -2.59. The summed E-state index contributed by atoms with van der Waals surface area (Å²) in [5.41, 5.74) is -1.46. The topological polar surface area (TPSA) is 107 Å². The molecule has 0 aliphatic heterocycles. The zero-order valence-corrected chi connectivity index (χ0v) is 19.4. The maximum atomic E-state index is 13.0. The molecule has 4 rings (SSSR count). The number of esters is 2. The molecular formula is C25H34O7. The summed E-state index contributed by atoms with van der Waals surface area (Å²) < 4.78 is 10.6. The minimum atomic E-state index is -1.53. The Morgan fingerprint density at radius 3 is 2.41 bits per heavy atom. The van der Waals surface area contributed by atoms with Crippen LogP contribution in [-0.2, 0) is 28.7 Å². The van der Waals surface area contributed by atoms with Crippen molar-refractivity contribution in [2.24, 2.45) is 28.6 Å². The van der Waals surface area contributed by atoms with E-state index >= 15 is 0 Å². The van der Waals surface area contributed by atoms with Crippen LogP contribution in [0.5, 0.6) is 0 Å². The highest BCUT2D eigenvalue weighted by molar-refractivity contribution is 5.92. The van der Waals surface area contributed by atoms with Gasteiger partial charge in [-0.1, -0.05) is 13.8 Å². The summed E-state index contributed by atoms with van der Waals surface area (Å²) in [6.45, 7) is 6.41. The molecule has 0 amide bonds. The monoisotopic (exact) mass is 446 g/mol. The van der Waals surface area contributed by atoms with Crippen LogP contribution in [0.2, 0.25) is 0 Å². The predicted molar refractivity (Wildman–Crippen MR) is 114 cm³/mol. The maximum Gasteiger partial charge on any atom is 0.303 e. The Hall–Kier alpha value is -2.02. The lowest BCUT2D eigenvalue weighted by Gasteiger charge is -2.60. The van der Waals surface area contributed by atoms with E-state index in [0.717, 1.165) is 18.4 Å². The van der Waals surface area contributed by atoms with Gasteiger partial charge in [0.2, 0.25) is 5.78 Å². The highest BCUT2D eigenvalue weighted by atomic mass is 16.5. The number of aliphatic hydroxyl groups is 1. The molecule has 0 heterocycles. The summed E-state index contributed by atoms with van der Waals surface area (Å²) in [6, 6.07) is 0. The molecule has 176 valence electrons. The van der Waals surface area contributed by atoms with Gasteiger partial charge in [-0.3, -0.25) is 19.2 Å². The molecule has 0 aromatic carbocycles. The van der Waals surface area contributed by atoms with Gasteiger partial charge < -0.3 is 14.6 Å². The van der Waals surface area contributed by atoms with Crippen molar-refractivity contribution < 1.29 is 33.8 Å². The van der Waals surface area contributed by atoms with Crippen LogP contribution in [-0.4, -0.2) is 46.9 Å². The van der Waals surface area contributed by atoms with E-state index in [9.17, 15) is 24.3 Å². The molecule has 0 aromatic heterocycles. The van der Waals surface area contributed by atoms with E-state index in [1.807, 2.05) is 6.92 Å². The molecule has 0 aromatic rings. The summed E-state index contributed by atoms with van der Waals surface area (Å²) in [7, 11) is 0. The van der Waals surface area contributed by atoms with Gasteiger partial charge in [0.05, 0.1) is 0 Å². The number of carbonyl (C=O) groups excluding carboxylic acids is 4. The molecule has 3 saturated carbocycles. The van der Waals surface area contributed by atoms with E-state index in [1.165, 1.54) is 13.8 Å². The van der Waals surface area contributed by atoms with E-state index in [0.29, 0.717) is 38.0 Å². The minimum absolute atomic E-state index is 0.0834. The summed E-state index contributed by atoms with van der Waals surface area (Å²) in [5, 5.41) is 11.6. The van der Waals surface area contributed by atoms with E-state index in [2.05, 4.69) is 6.92 Å². The Balaban J connectivity index is 1.67. The fourth-order valence-corrected chi connectivity index (χ4v) is 7.65. The van der Waals surface area contributed by atoms with Gasteiger partial charge in [0.25, 0.3) is 0 Å². The second-order valence-corrected chi connectivity index (χ2v) is 10.8. The standard InChI is InChI=1S/C25H34O7/c1-14(26)31-13-22(29)25(30)10-7-19-17-12-21(32-15(2)27)20-11-16(28)5-8-23(20,3)18(17)6-9-24(19,25)4/h11,17-19,21,30H,5-10,12-13H2,1-4H3/t17-,18-,19-,21+,23-,24-,25+/m1/s1. The van der Waals surface area contributed by atoms with Crippen molar-refractivity contribution in [3.05, 3.63) is 11.6 Å². The Labute approximate surface area is 188 Å². The maximum absolute atomic E-state index is 13.0. The number of hydrogen-bond acceptors (Lipinski definition) is 7. The van der Waals surface area contributed by atoms with Crippen molar-refractivity contribution in [3.63, 3.8) is 0 Å². The van der Waals surface area contributed by atoms with Crippen molar-refractivity contribution in [2.75, 3.05) is 6.61 Å². The highest BCUT2D eigenvalue weighted by Crippen LogP contribution is 2.67. The number of carbonyl (C=O) groups is 4. The number of fused-ring (bicyclic) bond motifs is 5. The number of rotatable bonds is 4. The fourth-order valence-electron chi connectivity index (χ4n) is 7.65. The van der Waals surface area contributed by atoms with Gasteiger partial charge in [-0.2, -0.15) is 0 Å². The van der Waals surface area contributed by atoms with E-state index in [4.69, 9.17) is 9.47 Å². The first kappa shape index (κ1) is 23.1. The van der Waals surface area contributed by atoms with Gasteiger partial charge >= 0.3 is 11.9 Å². The van der Waals surface area contributed by atoms with Crippen molar-refractivity contribution in [1.29, 1.82) is 0 Å². The molecule has 0 spiro atoms. The van der Waals surface area contributed by atoms with Crippen LogP contribution in [0.25, 0.3) is 0 Å². The third-order valence-electron chi connectivity index (χ3n) is 9.28. The third kappa shape index (κ3) is 3.35. The smallest absolute Gasteiger partial charge is 0.303 e. The highest BCUT2D eigenvalue weighted by Gasteiger charge is 2.67. The molecular weight excluding hydrogens is 412 g/mol. The normalized spacial score (nSPS) is 42.8. The second kappa shape index (κ2) is 7.79. The number of Topliss-reactive ketones (excluding diaryl/α,β-unsaturated/α-hetero) is 1. The Morgan fingerprint density at radius 2 is 1.75 bits per heavy atom. The van der Waals surface area contributed by atoms with Crippen LogP contribution >= 0.6 is 0 Å². The molecule has 7 nitrogen and oxygen atoms in total. The van der Waals surface area contributed by atoms with E-state index < -0.39 is 35.5 Å². The van der Waals surface area contributed by atoms with Crippen molar-refractivity contribution >= 4 is 23.5 Å². The molecule has 1 N–H and O–H groups in total. The first-order valence-electron chi connectivity index (χ1n) is 11.7. The van der Waals surface area contributed by atoms with E-state index in [-0.39, 0.29) is 29.0 Å². The molecule has 0 saturated heterocycles. The SMILES string of the molecule is CC(=O)OCC(=O)[C@@]1(O)CC[C@@H]2[C@@H]3C[C@H](OC(C)=O)C4=CC(=O)CC[C@]4(C)[C@@H]3CC[C@]21C. The molecule has 0 unspecified atom stereocenters. The summed E-state index contributed by atoms with van der Waals surface area (Å²) in [4.78, 5) is 48.3. The lowest BCUT2D eigenvalue weighted by molar-refractivity contribution is -0.173. The Bertz CT molecular complexity index is 891. The van der Waals surface area contributed by atoms with Crippen LogP contribution in [0, 0.1) is 28.6 Å². The van der Waals surface area contributed by atoms with Gasteiger partial charge in [0.15, 0.2) is 12.4 Å². The van der Waals surface area contributed by atoms with Crippen molar-refractivity contribution in [3.8, 4) is 0 Å². The minimum Gasteiger partial charge on any atom is -0.458 e. The van der Waals surface area contributed by atoms with Crippen LogP contribution in [0.1, 0.15) is 72.6 Å². The van der Waals surface area contributed by atoms with Crippen LogP contribution in [0.15, 0.2) is 11.6 Å². The first-order chi connectivity index (χ1) is 14.9. The molecule has 32 heavy (non-hydrogen) atoms. The largest absolute Gasteiger partial charge is 0.458 e. The molecule has 7 atom stereocenters. The average molecular weight is 447 g/mol. The van der Waals surface area contributed by atoms with Gasteiger partial charge in [0.1, 0.15) is 11.7 Å². The third-order valence-corrected chi connectivity index (χ3v) is 9.28. The van der Waals surface area contributed by atoms with Gasteiger partial charge in [-0.05, 0) is 73.3 Å². The van der Waals surface area contributed by atoms with Crippen molar-refractivity contribution in [2.45, 2.75) is 84.3 Å². The molecule has 7 heteroatoms. The van der Waals surface area contributed by atoms with Crippen LogP contribution < -0.4 is 0 Å².